The molecule has 0 fully saturated rings. The Kier molecular flexibility index (Phi) is 25.1. The lowest BCUT2D eigenvalue weighted by atomic mass is 9.64. The minimum atomic E-state index is -1.18. The maximum atomic E-state index is 13.7. The SMILES string of the molecule is C=CC1=C(C)c2cc3nc(cc4[nH]c(cc5[nH]c(cc1n2)c(C)c5CCC(=O)O)c(CCC(=O)OC)c4C)[C@@]1(C)C3=CC=C(C(=O)OC)[C@H]1C(=O)OC.C=CC1=C(C)c2cc3nc(cc4[nH]c(cc5[nH]c(cc1n2)c(C)c5CCC(=O)OC)c(CCC(=O)O)c4C)[C@@]1(C)C3=CC=C(C(=O)OC)[C@H]1C(=O)OC.CC(C)[C@H](N)C(=O)O. The van der Waals surface area contributed by atoms with Gasteiger partial charge in [-0.1, -0.05) is 63.5 Å². The number of fused-ring (bicyclic) bond motifs is 22. The van der Waals surface area contributed by atoms with E-state index in [2.05, 4.69) is 33.1 Å². The van der Waals surface area contributed by atoms with Gasteiger partial charge >= 0.3 is 53.7 Å². The highest BCUT2D eigenvalue weighted by molar-refractivity contribution is 6.05. The lowest BCUT2D eigenvalue weighted by Gasteiger charge is -2.36. The molecule has 0 spiro atoms. The minimum Gasteiger partial charge on any atom is -0.481 e. The van der Waals surface area contributed by atoms with Crippen molar-refractivity contribution in [2.24, 2.45) is 23.5 Å². The molecule has 114 heavy (non-hydrogen) atoms. The van der Waals surface area contributed by atoms with Gasteiger partial charge in [-0.05, 0) is 202 Å². The fraction of sp³-hybridized carbons (Fsp3) is 0.345. The summed E-state index contributed by atoms with van der Waals surface area (Å²) >= 11 is 0. The van der Waals surface area contributed by atoms with Crippen molar-refractivity contribution in [1.82, 2.24) is 39.9 Å². The number of allylic oxidation sites excluding steroid dienone is 12. The van der Waals surface area contributed by atoms with Gasteiger partial charge in [-0.15, -0.1) is 0 Å². The second kappa shape index (κ2) is 34.1. The highest BCUT2D eigenvalue weighted by Crippen LogP contribution is 2.55. The van der Waals surface area contributed by atoms with Crippen LogP contribution >= 0.6 is 0 Å². The molecule has 6 aliphatic rings. The summed E-state index contributed by atoms with van der Waals surface area (Å²) in [6.45, 7) is 27.1. The van der Waals surface area contributed by atoms with Crippen molar-refractivity contribution in [3.63, 3.8) is 0 Å². The third-order valence-electron chi connectivity index (χ3n) is 22.4. The number of aromatic amines is 4. The van der Waals surface area contributed by atoms with E-state index in [9.17, 15) is 53.4 Å². The Morgan fingerprint density at radius 3 is 1.04 bits per heavy atom. The number of carboxylic acids is 3. The predicted molar refractivity (Wildman–Crippen MR) is 431 cm³/mol. The fourth-order valence-electron chi connectivity index (χ4n) is 15.7. The molecule has 6 aromatic heterocycles. The zero-order valence-corrected chi connectivity index (χ0v) is 66.8. The van der Waals surface area contributed by atoms with E-state index in [-0.39, 0.29) is 67.5 Å². The van der Waals surface area contributed by atoms with Gasteiger partial charge in [0.2, 0.25) is 0 Å². The number of hydrogen-bond acceptors (Lipinski definition) is 20. The van der Waals surface area contributed by atoms with E-state index >= 15 is 0 Å². The van der Waals surface area contributed by atoms with Crippen molar-refractivity contribution in [2.75, 3.05) is 42.7 Å². The number of rotatable bonds is 20. The van der Waals surface area contributed by atoms with Crippen LogP contribution in [0.3, 0.4) is 0 Å². The Bertz CT molecular complexity index is 5650. The number of methoxy groups -OCH3 is 6. The van der Waals surface area contributed by atoms with Gasteiger partial charge in [-0.25, -0.2) is 19.6 Å². The summed E-state index contributed by atoms with van der Waals surface area (Å²) in [6.07, 6.45) is 11.6. The summed E-state index contributed by atoms with van der Waals surface area (Å²) in [5.41, 5.74) is 25.0. The average molecular weight is 1550 g/mol. The first-order valence-corrected chi connectivity index (χ1v) is 37.0. The topological polar surface area (TPSA) is 410 Å². The van der Waals surface area contributed by atoms with Crippen LogP contribution in [0, 0.1) is 45.4 Å². The molecule has 596 valence electrons. The molecule has 10 heterocycles. The number of nitrogens with zero attached hydrogens (tertiary/aromatic N) is 4. The average Bonchev–Trinajstić information content (AvgIpc) is 1.56. The third kappa shape index (κ3) is 16.0. The predicted octanol–water partition coefficient (Wildman–Crippen LogP) is 12.9. The normalized spacial score (nSPS) is 17.5. The molecule has 0 radical (unpaired) electrons. The standard InChI is InChI=1S/2C41H42N4O8.C5H11NO2/c1-9-23-20(2)29-17-34-27-13-10-26(39(49)52-7)38(40(50)53-8)41(27,5)35(45-34)19-30-22(4)24(11-14-36(46)47)32(44-30)18-33-25(12-15-37(48)51-6)21(3)28(43-33)16-31(23)42-29;1-9-23-20(2)29-17-34-27-13-10-26(39(49)52-7)38(40(50)53-8)41(27,5)35(45-34)19-30-22(4)25(12-15-37(48)51-6)33(44-30)18-32-24(11-14-36(46)47)21(3)28(43-32)16-31(23)42-29;1-3(2)4(6)5(7)8/h2*9-10,13,16-19,38,43-44H,1,11-12,14-15H2,2-8H3,(H,46,47);3-4H,6H2,1-2H3,(H,7,8)/t2*38-,41+;4-/m000/s1. The van der Waals surface area contributed by atoms with E-state index in [0.717, 1.165) is 83.4 Å². The van der Waals surface area contributed by atoms with E-state index in [4.69, 9.17) is 59.2 Å². The lowest BCUT2D eigenvalue weighted by molar-refractivity contribution is -0.149. The molecule has 2 aliphatic carbocycles. The van der Waals surface area contributed by atoms with Gasteiger partial charge in [0.15, 0.2) is 0 Å². The van der Waals surface area contributed by atoms with E-state index in [1.54, 1.807) is 50.3 Å². The van der Waals surface area contributed by atoms with Gasteiger partial charge in [0, 0.05) is 81.0 Å². The molecule has 27 nitrogen and oxygen atoms in total. The number of aromatic nitrogens is 8. The maximum Gasteiger partial charge on any atom is 0.334 e. The van der Waals surface area contributed by atoms with Gasteiger partial charge in [0.25, 0.3) is 0 Å². The number of esters is 6. The Hall–Kier alpha value is -12.7. The van der Waals surface area contributed by atoms with Crippen LogP contribution in [0.25, 0.3) is 77.6 Å². The smallest absolute Gasteiger partial charge is 0.334 e. The molecule has 0 unspecified atom stereocenters. The first-order chi connectivity index (χ1) is 54.1. The fourth-order valence-corrected chi connectivity index (χ4v) is 15.7. The number of carbonyl (C=O) groups is 9. The lowest BCUT2D eigenvalue weighted by Crippen LogP contribution is -2.42. The Balaban J connectivity index is 0.000000220. The first-order valence-electron chi connectivity index (χ1n) is 37.0. The highest BCUT2D eigenvalue weighted by atomic mass is 16.5. The second-order valence-corrected chi connectivity index (χ2v) is 29.1. The molecular formula is C87H95N9O18. The third-order valence-corrected chi connectivity index (χ3v) is 22.4. The summed E-state index contributed by atoms with van der Waals surface area (Å²) in [4.78, 5) is 146. The number of hydrogen-bond donors (Lipinski definition) is 8. The minimum absolute atomic E-state index is 0.0208. The molecule has 6 aromatic rings. The molecule has 5 atom stereocenters. The Morgan fingerprint density at radius 1 is 0.439 bits per heavy atom. The van der Waals surface area contributed by atoms with Crippen LogP contribution < -0.4 is 5.73 Å². The molecule has 12 rings (SSSR count). The molecule has 27 heteroatoms. The second-order valence-electron chi connectivity index (χ2n) is 29.1. The number of carboxylic acid groups (broad SMARTS) is 3. The molecule has 0 amide bonds. The van der Waals surface area contributed by atoms with Crippen LogP contribution in [0.4, 0.5) is 0 Å². The largest absolute Gasteiger partial charge is 0.481 e. The van der Waals surface area contributed by atoms with Crippen LogP contribution in [0.5, 0.6) is 0 Å². The van der Waals surface area contributed by atoms with Crippen molar-refractivity contribution < 1.29 is 86.9 Å². The van der Waals surface area contributed by atoms with E-state index in [1.807, 2.05) is 104 Å². The van der Waals surface area contributed by atoms with E-state index in [1.165, 1.54) is 42.7 Å². The van der Waals surface area contributed by atoms with Gasteiger partial charge in [-0.3, -0.25) is 43.5 Å². The summed E-state index contributed by atoms with van der Waals surface area (Å²) in [5.74, 6) is -8.25. The number of carbonyl (C=O) groups excluding carboxylic acids is 6. The number of nitrogens with one attached hydrogen (secondary N) is 4. The molecule has 9 N–H and O–H groups in total. The summed E-state index contributed by atoms with van der Waals surface area (Å²) < 4.78 is 30.7. The van der Waals surface area contributed by atoms with Crippen LogP contribution in [0.1, 0.15) is 157 Å². The number of aryl methyl sites for hydroxylation is 8. The molecule has 16 bridgehead atoms. The number of ether oxygens (including phenoxy) is 6. The van der Waals surface area contributed by atoms with Crippen molar-refractivity contribution >= 4 is 131 Å². The van der Waals surface area contributed by atoms with Crippen molar-refractivity contribution in [3.8, 4) is 0 Å². The molecular weight excluding hydrogens is 1460 g/mol. The first kappa shape index (κ1) is 83.8. The monoisotopic (exact) mass is 1550 g/mol. The zero-order chi connectivity index (χ0) is 83.4. The molecule has 4 aliphatic heterocycles. The van der Waals surface area contributed by atoms with Crippen LogP contribution in [0.15, 0.2) is 109 Å². The van der Waals surface area contributed by atoms with Crippen LogP contribution in [0.2, 0.25) is 0 Å². The van der Waals surface area contributed by atoms with Crippen molar-refractivity contribution in [2.45, 2.75) is 137 Å². The van der Waals surface area contributed by atoms with Crippen molar-refractivity contribution in [1.29, 1.82) is 0 Å². The summed E-state index contributed by atoms with van der Waals surface area (Å²) in [6, 6.07) is 14.5. The number of nitrogens with two attached hydrogens (primary N) is 1. The van der Waals surface area contributed by atoms with Gasteiger partial charge in [-0.2, -0.15) is 0 Å². The summed E-state index contributed by atoms with van der Waals surface area (Å²) in [7, 11) is 7.78. The maximum absolute atomic E-state index is 13.7. The number of aliphatic carboxylic acids is 3. The van der Waals surface area contributed by atoms with E-state index < -0.39 is 70.5 Å². The van der Waals surface area contributed by atoms with Gasteiger partial charge in [0.05, 0.1) is 110 Å². The Morgan fingerprint density at radius 2 is 0.763 bits per heavy atom. The molecule has 0 saturated heterocycles. The van der Waals surface area contributed by atoms with E-state index in [0.29, 0.717) is 97.1 Å². The van der Waals surface area contributed by atoms with Crippen LogP contribution in [-0.4, -0.2) is 158 Å². The van der Waals surface area contributed by atoms with Crippen molar-refractivity contribution in [3.05, 3.63) is 199 Å². The molecule has 0 aromatic carbocycles. The van der Waals surface area contributed by atoms with Gasteiger partial charge in [0.1, 0.15) is 17.9 Å². The highest BCUT2D eigenvalue weighted by Gasteiger charge is 2.55. The van der Waals surface area contributed by atoms with Crippen LogP contribution in [-0.2, 0) is 108 Å². The number of H-pyrrole nitrogens is 4. The summed E-state index contributed by atoms with van der Waals surface area (Å²) in [5, 5.41) is 27.5. The zero-order valence-electron chi connectivity index (χ0n) is 66.8. The quantitative estimate of drug-likeness (QED) is 0.0260. The Labute approximate surface area is 657 Å². The molecule has 0 saturated carbocycles. The van der Waals surface area contributed by atoms with Gasteiger partial charge < -0.3 is 69.4 Å².